The van der Waals surface area contributed by atoms with Crippen LogP contribution >= 0.6 is 11.6 Å². The van der Waals surface area contributed by atoms with Crippen LogP contribution in [0.2, 0.25) is 0 Å². The maximum absolute atomic E-state index is 13.7. The summed E-state index contributed by atoms with van der Waals surface area (Å²) in [6, 6.07) is 5.29. The third-order valence-electron chi connectivity index (χ3n) is 5.08. The molecule has 3 rings (SSSR count). The molecular weight excluding hydrogens is 287 g/mol. The van der Waals surface area contributed by atoms with Crippen LogP contribution in [0, 0.1) is 17.7 Å². The summed E-state index contributed by atoms with van der Waals surface area (Å²) in [5.74, 6) is 2.71. The number of alkyl halides is 1. The van der Waals surface area contributed by atoms with Gasteiger partial charge in [0.2, 0.25) is 0 Å². The van der Waals surface area contributed by atoms with Crippen molar-refractivity contribution >= 4 is 22.6 Å². The number of hydrogen-bond acceptors (Lipinski definition) is 1. The van der Waals surface area contributed by atoms with E-state index in [0.29, 0.717) is 17.8 Å². The van der Waals surface area contributed by atoms with Crippen molar-refractivity contribution in [1.82, 2.24) is 9.55 Å². The topological polar surface area (TPSA) is 17.8 Å². The van der Waals surface area contributed by atoms with Gasteiger partial charge in [-0.2, -0.15) is 0 Å². The molecule has 3 unspecified atom stereocenters. The minimum absolute atomic E-state index is 0.196. The van der Waals surface area contributed by atoms with Gasteiger partial charge in [-0.05, 0) is 42.9 Å². The molecule has 0 amide bonds. The van der Waals surface area contributed by atoms with Gasteiger partial charge >= 0.3 is 0 Å². The highest BCUT2D eigenvalue weighted by Crippen LogP contribution is 2.43. The van der Waals surface area contributed by atoms with Gasteiger partial charge in [-0.15, -0.1) is 11.6 Å². The first-order valence-electron chi connectivity index (χ1n) is 7.88. The minimum Gasteiger partial charge on any atom is -0.324 e. The Morgan fingerprint density at radius 2 is 2.19 bits per heavy atom. The number of rotatable bonds is 4. The molecule has 1 aromatic carbocycles. The number of nitrogens with zero attached hydrogens (tertiary/aromatic N) is 2. The molecule has 0 N–H and O–H groups in total. The lowest BCUT2D eigenvalue weighted by Gasteiger charge is -2.23. The van der Waals surface area contributed by atoms with E-state index in [0.717, 1.165) is 35.6 Å². The molecule has 4 heteroatoms. The van der Waals surface area contributed by atoms with Gasteiger partial charge in [-0.3, -0.25) is 0 Å². The van der Waals surface area contributed by atoms with Crippen molar-refractivity contribution in [2.75, 3.05) is 5.88 Å². The van der Waals surface area contributed by atoms with Gasteiger partial charge in [-0.1, -0.05) is 20.3 Å². The summed E-state index contributed by atoms with van der Waals surface area (Å²) in [6.07, 6.45) is 4.34. The van der Waals surface area contributed by atoms with Gasteiger partial charge in [0, 0.05) is 18.3 Å². The van der Waals surface area contributed by atoms with Crippen molar-refractivity contribution < 1.29 is 4.39 Å². The van der Waals surface area contributed by atoms with Crippen LogP contribution < -0.4 is 0 Å². The predicted molar refractivity (Wildman–Crippen MR) is 85.3 cm³/mol. The second-order valence-electron chi connectivity index (χ2n) is 6.14. The van der Waals surface area contributed by atoms with Gasteiger partial charge < -0.3 is 4.57 Å². The van der Waals surface area contributed by atoms with E-state index >= 15 is 0 Å². The monoisotopic (exact) mass is 308 g/mol. The van der Waals surface area contributed by atoms with Crippen molar-refractivity contribution in [3.63, 3.8) is 0 Å². The molecule has 3 atom stereocenters. The van der Waals surface area contributed by atoms with E-state index in [-0.39, 0.29) is 5.82 Å². The first-order chi connectivity index (χ1) is 10.2. The maximum Gasteiger partial charge on any atom is 0.125 e. The van der Waals surface area contributed by atoms with Crippen molar-refractivity contribution in [2.45, 2.75) is 45.6 Å². The lowest BCUT2D eigenvalue weighted by Crippen LogP contribution is -2.18. The standard InChI is InChI=1S/C17H22ClFN2/c1-3-12-4-7-15(11(12)2)21-16-10-13(19)5-6-14(16)20-17(21)8-9-18/h5-6,10-12,15H,3-4,7-9H2,1-2H3. The van der Waals surface area contributed by atoms with E-state index in [1.54, 1.807) is 12.1 Å². The molecule has 1 saturated carbocycles. The fourth-order valence-corrected chi connectivity index (χ4v) is 4.08. The predicted octanol–water partition coefficient (Wildman–Crippen LogP) is 4.95. The Morgan fingerprint density at radius 3 is 2.86 bits per heavy atom. The summed E-state index contributed by atoms with van der Waals surface area (Å²) < 4.78 is 15.9. The average molecular weight is 309 g/mol. The number of aryl methyl sites for hydroxylation is 1. The zero-order chi connectivity index (χ0) is 15.0. The van der Waals surface area contributed by atoms with E-state index < -0.39 is 0 Å². The summed E-state index contributed by atoms with van der Waals surface area (Å²) in [7, 11) is 0. The number of halogens is 2. The number of hydrogen-bond donors (Lipinski definition) is 0. The molecule has 0 saturated heterocycles. The van der Waals surface area contributed by atoms with E-state index in [9.17, 15) is 4.39 Å². The summed E-state index contributed by atoms with van der Waals surface area (Å²) in [4.78, 5) is 4.69. The van der Waals surface area contributed by atoms with Gasteiger partial charge in [0.1, 0.15) is 11.6 Å². The van der Waals surface area contributed by atoms with Crippen LogP contribution in [0.25, 0.3) is 11.0 Å². The summed E-state index contributed by atoms with van der Waals surface area (Å²) in [5.41, 5.74) is 1.80. The summed E-state index contributed by atoms with van der Waals surface area (Å²) >= 11 is 5.94. The number of aromatic nitrogens is 2. The van der Waals surface area contributed by atoms with Crippen molar-refractivity contribution in [2.24, 2.45) is 11.8 Å². The van der Waals surface area contributed by atoms with E-state index in [1.165, 1.54) is 18.9 Å². The van der Waals surface area contributed by atoms with Gasteiger partial charge in [0.05, 0.1) is 11.0 Å². The normalized spacial score (nSPS) is 25.8. The Morgan fingerprint density at radius 1 is 1.38 bits per heavy atom. The molecule has 0 spiro atoms. The fraction of sp³-hybridized carbons (Fsp3) is 0.588. The van der Waals surface area contributed by atoms with Crippen LogP contribution in [-0.4, -0.2) is 15.4 Å². The Bertz CT molecular complexity index is 637. The molecule has 0 radical (unpaired) electrons. The molecule has 21 heavy (non-hydrogen) atoms. The van der Waals surface area contributed by atoms with Crippen molar-refractivity contribution in [3.8, 4) is 0 Å². The van der Waals surface area contributed by atoms with E-state index in [4.69, 9.17) is 11.6 Å². The van der Waals surface area contributed by atoms with Crippen LogP contribution in [0.15, 0.2) is 18.2 Å². The fourth-order valence-electron chi connectivity index (χ4n) is 3.91. The highest BCUT2D eigenvalue weighted by Gasteiger charge is 2.34. The first-order valence-corrected chi connectivity index (χ1v) is 8.41. The van der Waals surface area contributed by atoms with Crippen molar-refractivity contribution in [3.05, 3.63) is 29.8 Å². The van der Waals surface area contributed by atoms with Crippen LogP contribution in [0.5, 0.6) is 0 Å². The van der Waals surface area contributed by atoms with Crippen molar-refractivity contribution in [1.29, 1.82) is 0 Å². The average Bonchev–Trinajstić information content (AvgIpc) is 2.99. The zero-order valence-corrected chi connectivity index (χ0v) is 13.4. The number of benzene rings is 1. The summed E-state index contributed by atoms with van der Waals surface area (Å²) in [6.45, 7) is 4.58. The highest BCUT2D eigenvalue weighted by atomic mass is 35.5. The van der Waals surface area contributed by atoms with E-state index in [2.05, 4.69) is 23.4 Å². The zero-order valence-electron chi connectivity index (χ0n) is 12.6. The van der Waals surface area contributed by atoms with Crippen LogP contribution in [0.3, 0.4) is 0 Å². The molecule has 1 aliphatic rings. The smallest absolute Gasteiger partial charge is 0.125 e. The summed E-state index contributed by atoms with van der Waals surface area (Å²) in [5, 5.41) is 0. The number of imidazole rings is 1. The second-order valence-corrected chi connectivity index (χ2v) is 6.52. The maximum atomic E-state index is 13.7. The second kappa shape index (κ2) is 5.96. The molecule has 0 bridgehead atoms. The Kier molecular flexibility index (Phi) is 4.21. The number of fused-ring (bicyclic) bond motifs is 1. The third kappa shape index (κ3) is 2.57. The molecule has 1 aromatic heterocycles. The molecule has 2 aromatic rings. The highest BCUT2D eigenvalue weighted by molar-refractivity contribution is 6.17. The van der Waals surface area contributed by atoms with Gasteiger partial charge in [0.25, 0.3) is 0 Å². The quantitative estimate of drug-likeness (QED) is 0.730. The Hall–Kier alpha value is -1.09. The molecule has 2 nitrogen and oxygen atoms in total. The van der Waals surface area contributed by atoms with Gasteiger partial charge in [0.15, 0.2) is 0 Å². The van der Waals surface area contributed by atoms with Gasteiger partial charge in [-0.25, -0.2) is 9.37 Å². The molecule has 1 aliphatic carbocycles. The molecule has 0 aliphatic heterocycles. The lowest BCUT2D eigenvalue weighted by molar-refractivity contribution is 0.329. The third-order valence-corrected chi connectivity index (χ3v) is 5.27. The largest absolute Gasteiger partial charge is 0.324 e. The molecule has 1 heterocycles. The first kappa shape index (κ1) is 14.8. The van der Waals surface area contributed by atoms with E-state index in [1.807, 2.05) is 0 Å². The molecular formula is C17H22ClFN2. The minimum atomic E-state index is -0.196. The Labute approximate surface area is 130 Å². The SMILES string of the molecule is CCC1CCC(n2c(CCCl)nc3ccc(F)cc32)C1C. The van der Waals surface area contributed by atoms with Crippen LogP contribution in [-0.2, 0) is 6.42 Å². The molecule has 114 valence electrons. The van der Waals surface area contributed by atoms with Crippen LogP contribution in [0.1, 0.15) is 45.0 Å². The lowest BCUT2D eigenvalue weighted by atomic mass is 9.93. The molecule has 1 fully saturated rings. The Balaban J connectivity index is 2.10. The van der Waals surface area contributed by atoms with Crippen LogP contribution in [0.4, 0.5) is 4.39 Å².